The Morgan fingerprint density at radius 1 is 0.388 bits per heavy atom. The van der Waals surface area contributed by atoms with Crippen LogP contribution in [0.5, 0.6) is 0 Å². The molecule has 0 saturated heterocycles. The van der Waals surface area contributed by atoms with Crippen LogP contribution in [-0.4, -0.2) is 28.5 Å². The number of aromatic nitrogens is 6. The molecule has 0 spiro atoms. The average molecular weight is 627 g/mol. The standard InChI is InChI=1S/C43H26N6/c1-2-14-27(15-3-1)40-31-19-6-8-20-33(31)44-42(46-40)49-35-22-10-7-17-29(35)32-26-39(28-16-4-5-18-30(28)41(32)49)48-38-25-13-12-24-37(38)47-36-23-11-9-21-34(36)45-43(47)48/h1-26H. The molecule has 0 radical (unpaired) electrons. The summed E-state index contributed by atoms with van der Waals surface area (Å²) in [5, 5.41) is 5.55. The van der Waals surface area contributed by atoms with Gasteiger partial charge >= 0.3 is 0 Å². The van der Waals surface area contributed by atoms with E-state index in [0.717, 1.165) is 88.3 Å². The SMILES string of the molecule is c1ccc(-c2nc(-n3c4ccccc4c4cc(-n5c6ccccc6n6c7ccccc7nc56)c5ccccc5c43)nc3ccccc23)cc1. The Hall–Kier alpha value is -6.79. The summed E-state index contributed by atoms with van der Waals surface area (Å²) < 4.78 is 6.85. The van der Waals surface area contributed by atoms with Gasteiger partial charge in [-0.3, -0.25) is 13.5 Å². The summed E-state index contributed by atoms with van der Waals surface area (Å²) in [5.41, 5.74) is 10.4. The van der Waals surface area contributed by atoms with Crippen LogP contribution in [0.3, 0.4) is 0 Å². The summed E-state index contributed by atoms with van der Waals surface area (Å²) in [7, 11) is 0. The molecule has 0 aliphatic heterocycles. The third-order valence-electron chi connectivity index (χ3n) is 9.84. The van der Waals surface area contributed by atoms with E-state index in [1.54, 1.807) is 0 Å². The average Bonchev–Trinajstić information content (AvgIpc) is 3.81. The predicted octanol–water partition coefficient (Wildman–Crippen LogP) is 10.3. The minimum absolute atomic E-state index is 0.648. The molecule has 0 fully saturated rings. The van der Waals surface area contributed by atoms with Gasteiger partial charge < -0.3 is 0 Å². The van der Waals surface area contributed by atoms with Crippen LogP contribution in [-0.2, 0) is 0 Å². The van der Waals surface area contributed by atoms with Crippen LogP contribution in [0.25, 0.3) is 94.2 Å². The minimum atomic E-state index is 0.648. The number of hydrogen-bond donors (Lipinski definition) is 0. The minimum Gasteiger partial charge on any atom is -0.277 e. The van der Waals surface area contributed by atoms with Gasteiger partial charge in [0.15, 0.2) is 0 Å². The third-order valence-corrected chi connectivity index (χ3v) is 9.84. The van der Waals surface area contributed by atoms with Crippen molar-refractivity contribution in [3.8, 4) is 22.9 Å². The van der Waals surface area contributed by atoms with Gasteiger partial charge in [-0.05, 0) is 42.5 Å². The van der Waals surface area contributed by atoms with Crippen LogP contribution in [0.15, 0.2) is 158 Å². The van der Waals surface area contributed by atoms with E-state index in [1.807, 2.05) is 12.1 Å². The van der Waals surface area contributed by atoms with Crippen molar-refractivity contribution in [2.24, 2.45) is 0 Å². The Morgan fingerprint density at radius 3 is 1.82 bits per heavy atom. The fourth-order valence-electron chi connectivity index (χ4n) is 7.77. The zero-order valence-electron chi connectivity index (χ0n) is 26.2. The number of para-hydroxylation sites is 6. The molecule has 49 heavy (non-hydrogen) atoms. The second kappa shape index (κ2) is 9.86. The van der Waals surface area contributed by atoms with E-state index in [-0.39, 0.29) is 0 Å². The molecule has 6 heteroatoms. The fourth-order valence-corrected chi connectivity index (χ4v) is 7.77. The van der Waals surface area contributed by atoms with Crippen LogP contribution >= 0.6 is 0 Å². The van der Waals surface area contributed by atoms with Crippen molar-refractivity contribution in [1.82, 2.24) is 28.5 Å². The third kappa shape index (κ3) is 3.62. The van der Waals surface area contributed by atoms with Gasteiger partial charge in [0.1, 0.15) is 0 Å². The molecule has 0 aliphatic rings. The summed E-state index contributed by atoms with van der Waals surface area (Å²) in [6.45, 7) is 0. The van der Waals surface area contributed by atoms with E-state index >= 15 is 0 Å². The lowest BCUT2D eigenvalue weighted by atomic mass is 10.0. The summed E-state index contributed by atoms with van der Waals surface area (Å²) in [6, 6.07) is 55.2. The van der Waals surface area contributed by atoms with E-state index in [9.17, 15) is 0 Å². The van der Waals surface area contributed by atoms with E-state index in [4.69, 9.17) is 15.0 Å². The van der Waals surface area contributed by atoms with Crippen molar-refractivity contribution < 1.29 is 0 Å². The van der Waals surface area contributed by atoms with Gasteiger partial charge in [-0.15, -0.1) is 0 Å². The molecule has 228 valence electrons. The number of rotatable bonds is 3. The summed E-state index contributed by atoms with van der Waals surface area (Å²) in [4.78, 5) is 15.8. The lowest BCUT2D eigenvalue weighted by Crippen LogP contribution is -2.04. The highest BCUT2D eigenvalue weighted by atomic mass is 15.2. The predicted molar refractivity (Wildman–Crippen MR) is 200 cm³/mol. The van der Waals surface area contributed by atoms with Gasteiger partial charge in [0, 0.05) is 32.5 Å². The van der Waals surface area contributed by atoms with Gasteiger partial charge in [0.05, 0.1) is 50.0 Å². The fraction of sp³-hybridized carbons (Fsp3) is 0. The highest BCUT2D eigenvalue weighted by Gasteiger charge is 2.23. The molecular weight excluding hydrogens is 601 g/mol. The van der Waals surface area contributed by atoms with Crippen molar-refractivity contribution in [3.63, 3.8) is 0 Å². The first-order chi connectivity index (χ1) is 24.3. The number of nitrogens with zero attached hydrogens (tertiary/aromatic N) is 6. The van der Waals surface area contributed by atoms with Gasteiger partial charge in [0.2, 0.25) is 11.7 Å². The molecule has 4 heterocycles. The maximum atomic E-state index is 5.33. The Bertz CT molecular complexity index is 3110. The molecule has 0 N–H and O–H groups in total. The Balaban J connectivity index is 1.30. The molecular formula is C43H26N6. The maximum Gasteiger partial charge on any atom is 0.235 e. The van der Waals surface area contributed by atoms with Crippen molar-refractivity contribution in [2.45, 2.75) is 0 Å². The molecule has 7 aromatic carbocycles. The molecule has 0 bridgehead atoms. The Kier molecular flexibility index (Phi) is 5.29. The highest BCUT2D eigenvalue weighted by Crippen LogP contribution is 2.41. The van der Waals surface area contributed by atoms with Crippen LogP contribution in [0.2, 0.25) is 0 Å². The monoisotopic (exact) mass is 626 g/mol. The molecule has 0 amide bonds. The first-order valence-corrected chi connectivity index (χ1v) is 16.5. The zero-order valence-corrected chi connectivity index (χ0v) is 26.2. The number of imidazole rings is 2. The second-order valence-corrected chi connectivity index (χ2v) is 12.5. The summed E-state index contributed by atoms with van der Waals surface area (Å²) in [6.07, 6.45) is 0. The first-order valence-electron chi connectivity index (χ1n) is 16.5. The van der Waals surface area contributed by atoms with Crippen LogP contribution in [0.1, 0.15) is 0 Å². The largest absolute Gasteiger partial charge is 0.277 e. The van der Waals surface area contributed by atoms with Gasteiger partial charge in [-0.2, -0.15) is 0 Å². The lowest BCUT2D eigenvalue weighted by Gasteiger charge is -2.14. The Morgan fingerprint density at radius 2 is 1.00 bits per heavy atom. The first kappa shape index (κ1) is 26.3. The van der Waals surface area contributed by atoms with Crippen molar-refractivity contribution in [3.05, 3.63) is 158 Å². The molecule has 11 rings (SSSR count). The number of hydrogen-bond acceptors (Lipinski definition) is 3. The van der Waals surface area contributed by atoms with Crippen LogP contribution < -0.4 is 0 Å². The summed E-state index contributed by atoms with van der Waals surface area (Å²) >= 11 is 0. The van der Waals surface area contributed by atoms with E-state index in [1.165, 1.54) is 0 Å². The smallest absolute Gasteiger partial charge is 0.235 e. The number of fused-ring (bicyclic) bond motifs is 11. The Labute approximate surface area is 279 Å². The molecule has 4 aromatic heterocycles. The maximum absolute atomic E-state index is 5.33. The molecule has 0 aliphatic carbocycles. The van der Waals surface area contributed by atoms with E-state index < -0.39 is 0 Å². The van der Waals surface area contributed by atoms with Crippen LogP contribution in [0.4, 0.5) is 0 Å². The molecule has 6 nitrogen and oxygen atoms in total. The van der Waals surface area contributed by atoms with Gasteiger partial charge in [-0.25, -0.2) is 15.0 Å². The second-order valence-electron chi connectivity index (χ2n) is 12.5. The summed E-state index contributed by atoms with van der Waals surface area (Å²) in [5.74, 6) is 1.54. The lowest BCUT2D eigenvalue weighted by molar-refractivity contribution is 1.02. The normalized spacial score (nSPS) is 12.1. The van der Waals surface area contributed by atoms with Crippen molar-refractivity contribution in [2.75, 3.05) is 0 Å². The molecule has 0 saturated carbocycles. The number of benzene rings is 7. The van der Waals surface area contributed by atoms with Gasteiger partial charge in [0.25, 0.3) is 0 Å². The van der Waals surface area contributed by atoms with Crippen LogP contribution in [0, 0.1) is 0 Å². The topological polar surface area (TPSA) is 52.9 Å². The van der Waals surface area contributed by atoms with Crippen molar-refractivity contribution in [1.29, 1.82) is 0 Å². The van der Waals surface area contributed by atoms with Crippen molar-refractivity contribution >= 4 is 71.3 Å². The molecule has 0 atom stereocenters. The highest BCUT2D eigenvalue weighted by molar-refractivity contribution is 6.21. The quantitative estimate of drug-likeness (QED) is 0.196. The molecule has 11 aromatic rings. The van der Waals surface area contributed by atoms with Gasteiger partial charge in [-0.1, -0.05) is 115 Å². The van der Waals surface area contributed by atoms with E-state index in [2.05, 4.69) is 159 Å². The molecule has 0 unspecified atom stereocenters. The van der Waals surface area contributed by atoms with E-state index in [0.29, 0.717) is 5.95 Å². The zero-order chi connectivity index (χ0) is 32.1.